The molecule has 0 bridgehead atoms. The van der Waals surface area contributed by atoms with E-state index < -0.39 is 17.8 Å². The van der Waals surface area contributed by atoms with E-state index in [-0.39, 0.29) is 5.91 Å². The summed E-state index contributed by atoms with van der Waals surface area (Å²) in [6.07, 6.45) is 5.48. The topological polar surface area (TPSA) is 71.3 Å². The first-order valence-electron chi connectivity index (χ1n) is 5.35. The van der Waals surface area contributed by atoms with Crippen LogP contribution in [0.1, 0.15) is 19.3 Å². The van der Waals surface area contributed by atoms with Gasteiger partial charge in [0.25, 0.3) is 0 Å². The van der Waals surface area contributed by atoms with E-state index in [9.17, 15) is 9.59 Å². The van der Waals surface area contributed by atoms with Crippen molar-refractivity contribution in [2.45, 2.75) is 19.3 Å². The first-order chi connectivity index (χ1) is 7.68. The molecule has 0 radical (unpaired) electrons. The molecule has 1 aromatic heterocycles. The van der Waals surface area contributed by atoms with Crippen LogP contribution in [-0.4, -0.2) is 21.7 Å². The second-order valence-electron chi connectivity index (χ2n) is 4.05. The predicted octanol–water partition coefficient (Wildman–Crippen LogP) is 1.06. The Morgan fingerprint density at radius 1 is 1.19 bits per heavy atom. The quantitative estimate of drug-likeness (QED) is 0.803. The molecule has 2 atom stereocenters. The second-order valence-corrected chi connectivity index (χ2v) is 4.05. The fraction of sp³-hybridized carbons (Fsp3) is 0.455. The monoisotopic (exact) mass is 222 g/mol. The zero-order chi connectivity index (χ0) is 11.5. The largest absolute Gasteiger partial charge is 0.481 e. The number of hydrogen-bond acceptors (Lipinski definition) is 2. The average Bonchev–Trinajstić information content (AvgIpc) is 2.86. The summed E-state index contributed by atoms with van der Waals surface area (Å²) in [6.45, 7) is 0. The summed E-state index contributed by atoms with van der Waals surface area (Å²) in [6, 6.07) is 3.59. The van der Waals surface area contributed by atoms with Crippen LogP contribution in [0.15, 0.2) is 24.5 Å². The van der Waals surface area contributed by atoms with E-state index in [1.807, 2.05) is 0 Å². The van der Waals surface area contributed by atoms with Crippen LogP contribution in [0.25, 0.3) is 0 Å². The molecule has 1 saturated carbocycles. The minimum Gasteiger partial charge on any atom is -0.481 e. The highest BCUT2D eigenvalue weighted by Gasteiger charge is 2.37. The lowest BCUT2D eigenvalue weighted by atomic mass is 9.96. The Bertz CT molecular complexity index is 386. The van der Waals surface area contributed by atoms with E-state index in [0.717, 1.165) is 6.42 Å². The number of rotatable bonds is 3. The molecule has 86 valence electrons. The Kier molecular flexibility index (Phi) is 2.94. The summed E-state index contributed by atoms with van der Waals surface area (Å²) in [5.41, 5.74) is 2.66. The minimum absolute atomic E-state index is 0.207. The normalized spacial score (nSPS) is 24.2. The van der Waals surface area contributed by atoms with Gasteiger partial charge in [-0.3, -0.25) is 19.7 Å². The van der Waals surface area contributed by atoms with Crippen LogP contribution in [0.2, 0.25) is 0 Å². The van der Waals surface area contributed by atoms with Gasteiger partial charge in [0.1, 0.15) is 0 Å². The van der Waals surface area contributed by atoms with Gasteiger partial charge in [0.15, 0.2) is 0 Å². The van der Waals surface area contributed by atoms with Crippen LogP contribution in [0.3, 0.4) is 0 Å². The number of aromatic nitrogens is 1. The van der Waals surface area contributed by atoms with E-state index in [1.54, 1.807) is 29.2 Å². The number of carboxylic acid groups (broad SMARTS) is 1. The Hall–Kier alpha value is -1.78. The number of carbonyl (C=O) groups is 2. The summed E-state index contributed by atoms with van der Waals surface area (Å²) in [7, 11) is 0. The van der Waals surface area contributed by atoms with Gasteiger partial charge in [-0.25, -0.2) is 0 Å². The summed E-state index contributed by atoms with van der Waals surface area (Å²) in [4.78, 5) is 22.8. The van der Waals surface area contributed by atoms with Crippen molar-refractivity contribution < 1.29 is 14.7 Å². The van der Waals surface area contributed by atoms with Crippen molar-refractivity contribution in [3.63, 3.8) is 0 Å². The average molecular weight is 222 g/mol. The fourth-order valence-corrected chi connectivity index (χ4v) is 2.19. The molecule has 1 heterocycles. The van der Waals surface area contributed by atoms with Gasteiger partial charge in [-0.2, -0.15) is 0 Å². The third kappa shape index (κ3) is 2.08. The van der Waals surface area contributed by atoms with Gasteiger partial charge in [0.2, 0.25) is 5.91 Å². The first-order valence-corrected chi connectivity index (χ1v) is 5.35. The third-order valence-electron chi connectivity index (χ3n) is 3.01. The zero-order valence-corrected chi connectivity index (χ0v) is 8.80. The Morgan fingerprint density at radius 3 is 2.44 bits per heavy atom. The standard InChI is InChI=1S/C11H14N2O3/c14-10(12-13-6-1-2-7-13)8-4-3-5-9(8)11(15)16/h1-2,6-9H,3-5H2,(H,12,14)(H,15,16). The minimum atomic E-state index is -0.870. The highest BCUT2D eigenvalue weighted by Crippen LogP contribution is 2.32. The van der Waals surface area contributed by atoms with Crippen molar-refractivity contribution in [3.05, 3.63) is 24.5 Å². The molecule has 5 nitrogen and oxygen atoms in total. The van der Waals surface area contributed by atoms with Gasteiger partial charge in [-0.05, 0) is 25.0 Å². The highest BCUT2D eigenvalue weighted by atomic mass is 16.4. The molecule has 0 aliphatic heterocycles. The second kappa shape index (κ2) is 4.38. The van der Waals surface area contributed by atoms with Gasteiger partial charge in [0, 0.05) is 12.4 Å². The predicted molar refractivity (Wildman–Crippen MR) is 57.3 cm³/mol. The van der Waals surface area contributed by atoms with Crippen molar-refractivity contribution >= 4 is 11.9 Å². The number of nitrogens with zero attached hydrogens (tertiary/aromatic N) is 1. The smallest absolute Gasteiger partial charge is 0.307 e. The molecule has 2 N–H and O–H groups in total. The van der Waals surface area contributed by atoms with Crippen LogP contribution in [0, 0.1) is 11.8 Å². The Balaban J connectivity index is 2.01. The fourth-order valence-electron chi connectivity index (χ4n) is 2.19. The van der Waals surface area contributed by atoms with Crippen LogP contribution in [-0.2, 0) is 9.59 Å². The van der Waals surface area contributed by atoms with Crippen molar-refractivity contribution in [2.24, 2.45) is 11.8 Å². The third-order valence-corrected chi connectivity index (χ3v) is 3.01. The van der Waals surface area contributed by atoms with Crippen LogP contribution in [0.5, 0.6) is 0 Å². The molecular weight excluding hydrogens is 208 g/mol. The summed E-state index contributed by atoms with van der Waals surface area (Å²) < 4.78 is 1.54. The molecular formula is C11H14N2O3. The van der Waals surface area contributed by atoms with Crippen LogP contribution < -0.4 is 5.43 Å². The van der Waals surface area contributed by atoms with E-state index in [1.165, 1.54) is 0 Å². The molecule has 2 unspecified atom stereocenters. The SMILES string of the molecule is O=C(O)C1CCCC1C(=O)Nn1cccc1. The van der Waals surface area contributed by atoms with Crippen molar-refractivity contribution in [1.82, 2.24) is 4.68 Å². The molecule has 0 saturated heterocycles. The molecule has 5 heteroatoms. The summed E-state index contributed by atoms with van der Waals surface area (Å²) >= 11 is 0. The van der Waals surface area contributed by atoms with E-state index in [0.29, 0.717) is 12.8 Å². The summed E-state index contributed by atoms with van der Waals surface area (Å²) in [5.74, 6) is -2.01. The van der Waals surface area contributed by atoms with E-state index >= 15 is 0 Å². The lowest BCUT2D eigenvalue weighted by molar-refractivity contribution is -0.145. The number of amides is 1. The van der Waals surface area contributed by atoms with E-state index in [4.69, 9.17) is 5.11 Å². The number of carboxylic acids is 1. The van der Waals surface area contributed by atoms with Crippen molar-refractivity contribution in [3.8, 4) is 0 Å². The molecule has 1 amide bonds. The number of hydrogen-bond donors (Lipinski definition) is 2. The van der Waals surface area contributed by atoms with Gasteiger partial charge in [-0.1, -0.05) is 6.42 Å². The molecule has 1 fully saturated rings. The number of nitrogens with one attached hydrogen (secondary N) is 1. The molecule has 2 rings (SSSR count). The van der Waals surface area contributed by atoms with Crippen molar-refractivity contribution in [2.75, 3.05) is 5.43 Å². The van der Waals surface area contributed by atoms with Gasteiger partial charge >= 0.3 is 5.97 Å². The number of aliphatic carboxylic acids is 1. The zero-order valence-electron chi connectivity index (χ0n) is 8.80. The maximum absolute atomic E-state index is 11.8. The van der Waals surface area contributed by atoms with Crippen molar-refractivity contribution in [1.29, 1.82) is 0 Å². The molecule has 0 aromatic carbocycles. The lowest BCUT2D eigenvalue weighted by Crippen LogP contribution is -2.33. The van der Waals surface area contributed by atoms with Gasteiger partial charge < -0.3 is 5.11 Å². The first kappa shape index (κ1) is 10.7. The Labute approximate surface area is 93.0 Å². The van der Waals surface area contributed by atoms with Crippen LogP contribution in [0.4, 0.5) is 0 Å². The lowest BCUT2D eigenvalue weighted by Gasteiger charge is -2.15. The van der Waals surface area contributed by atoms with Gasteiger partial charge in [0.05, 0.1) is 11.8 Å². The van der Waals surface area contributed by atoms with Crippen LogP contribution >= 0.6 is 0 Å². The maximum atomic E-state index is 11.8. The number of carbonyl (C=O) groups excluding carboxylic acids is 1. The Morgan fingerprint density at radius 2 is 1.81 bits per heavy atom. The highest BCUT2D eigenvalue weighted by molar-refractivity contribution is 5.90. The molecule has 1 aromatic rings. The van der Waals surface area contributed by atoms with E-state index in [2.05, 4.69) is 5.43 Å². The van der Waals surface area contributed by atoms with Gasteiger partial charge in [-0.15, -0.1) is 0 Å². The molecule has 0 spiro atoms. The molecule has 1 aliphatic carbocycles. The summed E-state index contributed by atoms with van der Waals surface area (Å²) in [5, 5.41) is 8.97. The molecule has 1 aliphatic rings. The maximum Gasteiger partial charge on any atom is 0.307 e. The molecule has 16 heavy (non-hydrogen) atoms.